The molecule has 1 amide bonds. The number of benzene rings is 2. The van der Waals surface area contributed by atoms with E-state index in [4.69, 9.17) is 4.74 Å². The lowest BCUT2D eigenvalue weighted by atomic mass is 9.88. The fourth-order valence-corrected chi connectivity index (χ4v) is 5.01. The van der Waals surface area contributed by atoms with Crippen molar-refractivity contribution in [3.05, 3.63) is 42.0 Å². The number of carbonyl (C=O) groups excluding carboxylic acids is 1. The summed E-state index contributed by atoms with van der Waals surface area (Å²) in [6.45, 7) is 4.53. The summed E-state index contributed by atoms with van der Waals surface area (Å²) in [5, 5.41) is 2.22. The number of hydrogen-bond acceptors (Lipinski definition) is 3. The van der Waals surface area contributed by atoms with E-state index in [1.54, 1.807) is 0 Å². The second-order valence-electron chi connectivity index (χ2n) is 8.39. The normalized spacial score (nSPS) is 23.1. The second-order valence-corrected chi connectivity index (χ2v) is 8.39. The molecule has 2 fully saturated rings. The third kappa shape index (κ3) is 3.88. The molecule has 2 unspecified atom stereocenters. The summed E-state index contributed by atoms with van der Waals surface area (Å²) < 4.78 is 6.08. The Morgan fingerprint density at radius 3 is 2.64 bits per heavy atom. The third-order valence-corrected chi connectivity index (χ3v) is 6.61. The lowest BCUT2D eigenvalue weighted by Crippen LogP contribution is -2.54. The predicted octanol–water partition coefficient (Wildman–Crippen LogP) is 4.39. The molecule has 1 heterocycles. The summed E-state index contributed by atoms with van der Waals surface area (Å²) >= 11 is 0. The van der Waals surface area contributed by atoms with Gasteiger partial charge in [-0.15, -0.1) is 0 Å². The Morgan fingerprint density at radius 1 is 1.07 bits per heavy atom. The Morgan fingerprint density at radius 2 is 1.82 bits per heavy atom. The molecule has 4 rings (SSSR count). The highest BCUT2D eigenvalue weighted by atomic mass is 16.5. The highest BCUT2D eigenvalue weighted by Crippen LogP contribution is 2.31. The molecule has 2 atom stereocenters. The van der Waals surface area contributed by atoms with Crippen LogP contribution in [0.1, 0.15) is 44.1 Å². The molecule has 1 aliphatic carbocycles. The van der Waals surface area contributed by atoms with Gasteiger partial charge in [0.2, 0.25) is 0 Å². The molecule has 1 aliphatic heterocycles. The molecule has 28 heavy (non-hydrogen) atoms. The van der Waals surface area contributed by atoms with Crippen molar-refractivity contribution in [1.29, 1.82) is 0 Å². The van der Waals surface area contributed by atoms with Gasteiger partial charge in [0.25, 0.3) is 5.91 Å². The van der Waals surface area contributed by atoms with Crippen molar-refractivity contribution in [2.24, 2.45) is 0 Å². The van der Waals surface area contributed by atoms with Gasteiger partial charge in [-0.1, -0.05) is 49.2 Å². The maximum Gasteiger partial charge on any atom is 0.260 e. The van der Waals surface area contributed by atoms with Gasteiger partial charge in [-0.2, -0.15) is 0 Å². The number of rotatable bonds is 5. The van der Waals surface area contributed by atoms with Crippen LogP contribution in [0.25, 0.3) is 10.8 Å². The maximum absolute atomic E-state index is 13.0. The van der Waals surface area contributed by atoms with E-state index in [1.807, 2.05) is 31.0 Å². The van der Waals surface area contributed by atoms with Crippen molar-refractivity contribution in [3.8, 4) is 5.75 Å². The average molecular weight is 381 g/mol. The monoisotopic (exact) mass is 380 g/mol. The average Bonchev–Trinajstić information content (AvgIpc) is 3.27. The molecule has 0 spiro atoms. The molecular weight excluding hydrogens is 348 g/mol. The number of nitrogens with zero attached hydrogens (tertiary/aromatic N) is 2. The molecule has 0 aromatic heterocycles. The van der Waals surface area contributed by atoms with E-state index >= 15 is 0 Å². The Hall–Kier alpha value is -2.07. The molecule has 0 N–H and O–H groups in total. The summed E-state index contributed by atoms with van der Waals surface area (Å²) in [5.41, 5.74) is 1.07. The summed E-state index contributed by atoms with van der Waals surface area (Å²) in [5.74, 6) is 0.919. The van der Waals surface area contributed by atoms with Gasteiger partial charge >= 0.3 is 0 Å². The van der Waals surface area contributed by atoms with Crippen LogP contribution in [-0.4, -0.2) is 54.5 Å². The minimum absolute atomic E-state index is 0.0865. The smallest absolute Gasteiger partial charge is 0.260 e. The van der Waals surface area contributed by atoms with Gasteiger partial charge < -0.3 is 9.64 Å². The number of amides is 1. The molecule has 2 aromatic rings. The van der Waals surface area contributed by atoms with Crippen molar-refractivity contribution in [3.63, 3.8) is 0 Å². The van der Waals surface area contributed by atoms with Gasteiger partial charge in [0.15, 0.2) is 6.61 Å². The standard InChI is InChI=1S/C24H32N2O2/c1-18-13-14-19-9-3-4-10-20(19)24(18)28-17-23(27)25(2)21-11-5-6-12-22(21)26-15-7-8-16-26/h3-4,9-10,13-14,21-22H,5-8,11-12,15-17H2,1-2H3. The van der Waals surface area contributed by atoms with E-state index in [1.165, 1.54) is 45.2 Å². The summed E-state index contributed by atoms with van der Waals surface area (Å²) in [6, 6.07) is 13.2. The topological polar surface area (TPSA) is 32.8 Å². The molecule has 0 radical (unpaired) electrons. The Balaban J connectivity index is 1.45. The highest BCUT2D eigenvalue weighted by Gasteiger charge is 2.35. The number of ether oxygens (including phenoxy) is 1. The zero-order chi connectivity index (χ0) is 19.5. The first kappa shape index (κ1) is 19.3. The van der Waals surface area contributed by atoms with Gasteiger partial charge in [-0.25, -0.2) is 0 Å². The maximum atomic E-state index is 13.0. The number of fused-ring (bicyclic) bond motifs is 1. The number of likely N-dealkylation sites (N-methyl/N-ethyl adjacent to an activating group) is 1. The van der Waals surface area contributed by atoms with Crippen LogP contribution in [-0.2, 0) is 4.79 Å². The Kier molecular flexibility index (Phi) is 5.86. The SMILES string of the molecule is Cc1ccc2ccccc2c1OCC(=O)N(C)C1CCCCC1N1CCCC1. The Labute approximate surface area is 168 Å². The molecule has 4 nitrogen and oxygen atoms in total. The van der Waals surface area contributed by atoms with Gasteiger partial charge in [0, 0.05) is 24.5 Å². The fraction of sp³-hybridized carbons (Fsp3) is 0.542. The fourth-order valence-electron chi connectivity index (χ4n) is 5.01. The number of aryl methyl sites for hydroxylation is 1. The van der Waals surface area contributed by atoms with E-state index in [-0.39, 0.29) is 12.5 Å². The van der Waals surface area contributed by atoms with E-state index in [9.17, 15) is 4.79 Å². The number of carbonyl (C=O) groups is 1. The van der Waals surface area contributed by atoms with Crippen LogP contribution < -0.4 is 4.74 Å². The molecule has 1 saturated carbocycles. The third-order valence-electron chi connectivity index (χ3n) is 6.61. The second kappa shape index (κ2) is 8.52. The van der Waals surface area contributed by atoms with Crippen molar-refractivity contribution < 1.29 is 9.53 Å². The summed E-state index contributed by atoms with van der Waals surface area (Å²) in [4.78, 5) is 17.6. The summed E-state index contributed by atoms with van der Waals surface area (Å²) in [6.07, 6.45) is 7.41. The van der Waals surface area contributed by atoms with E-state index in [0.29, 0.717) is 12.1 Å². The molecule has 0 bridgehead atoms. The highest BCUT2D eigenvalue weighted by molar-refractivity contribution is 5.90. The van der Waals surface area contributed by atoms with Crippen molar-refractivity contribution in [2.45, 2.75) is 57.5 Å². The van der Waals surface area contributed by atoms with Gasteiger partial charge in [0.1, 0.15) is 5.75 Å². The van der Waals surface area contributed by atoms with Gasteiger partial charge in [-0.3, -0.25) is 9.69 Å². The van der Waals surface area contributed by atoms with Crippen LogP contribution >= 0.6 is 0 Å². The number of hydrogen-bond donors (Lipinski definition) is 0. The van der Waals surface area contributed by atoms with Crippen molar-refractivity contribution >= 4 is 16.7 Å². The van der Waals surface area contributed by atoms with Crippen LogP contribution in [0.4, 0.5) is 0 Å². The van der Waals surface area contributed by atoms with Crippen LogP contribution in [0.3, 0.4) is 0 Å². The van der Waals surface area contributed by atoms with Crippen molar-refractivity contribution in [1.82, 2.24) is 9.80 Å². The van der Waals surface area contributed by atoms with E-state index in [2.05, 4.69) is 29.2 Å². The largest absolute Gasteiger partial charge is 0.483 e. The zero-order valence-electron chi connectivity index (χ0n) is 17.2. The van der Waals surface area contributed by atoms with E-state index < -0.39 is 0 Å². The number of likely N-dealkylation sites (tertiary alicyclic amines) is 1. The first-order valence-corrected chi connectivity index (χ1v) is 10.8. The van der Waals surface area contributed by atoms with E-state index in [0.717, 1.165) is 28.5 Å². The minimum atomic E-state index is 0.0865. The lowest BCUT2D eigenvalue weighted by molar-refractivity contribution is -0.136. The van der Waals surface area contributed by atoms with Crippen LogP contribution in [0.5, 0.6) is 5.75 Å². The zero-order valence-corrected chi connectivity index (χ0v) is 17.2. The first-order chi connectivity index (χ1) is 13.6. The van der Waals surface area contributed by atoms with Crippen molar-refractivity contribution in [2.75, 3.05) is 26.7 Å². The summed E-state index contributed by atoms with van der Waals surface area (Å²) in [7, 11) is 1.97. The molecule has 4 heteroatoms. The first-order valence-electron chi connectivity index (χ1n) is 10.8. The van der Waals surface area contributed by atoms with Crippen LogP contribution in [0.15, 0.2) is 36.4 Å². The van der Waals surface area contributed by atoms with Gasteiger partial charge in [0.05, 0.1) is 0 Å². The predicted molar refractivity (Wildman–Crippen MR) is 114 cm³/mol. The Bertz CT molecular complexity index is 828. The quantitative estimate of drug-likeness (QED) is 0.771. The van der Waals surface area contributed by atoms with Gasteiger partial charge in [-0.05, 0) is 56.6 Å². The molecular formula is C24H32N2O2. The lowest BCUT2D eigenvalue weighted by Gasteiger charge is -2.42. The molecule has 2 aliphatic rings. The van der Waals surface area contributed by atoms with Crippen LogP contribution in [0, 0.1) is 6.92 Å². The molecule has 1 saturated heterocycles. The molecule has 2 aromatic carbocycles. The minimum Gasteiger partial charge on any atom is -0.483 e. The van der Waals surface area contributed by atoms with Crippen LogP contribution in [0.2, 0.25) is 0 Å². The molecule has 150 valence electrons.